The molecule has 202 valence electrons. The Balaban J connectivity index is 1.45. The highest BCUT2D eigenvalue weighted by molar-refractivity contribution is 5.26. The van der Waals surface area contributed by atoms with E-state index in [-0.39, 0.29) is 41.6 Å². The molecule has 0 saturated heterocycles. The Kier molecular flexibility index (Phi) is 6.95. The van der Waals surface area contributed by atoms with Crippen LogP contribution in [0.3, 0.4) is 0 Å². The third-order valence-corrected chi connectivity index (χ3v) is 11.0. The first kappa shape index (κ1) is 27.3. The van der Waals surface area contributed by atoms with Crippen LogP contribution < -0.4 is 0 Å². The van der Waals surface area contributed by atoms with Crippen LogP contribution in [-0.4, -0.2) is 34.3 Å². The third kappa shape index (κ3) is 4.17. The lowest BCUT2D eigenvalue weighted by atomic mass is 9.46. The lowest BCUT2D eigenvalue weighted by Gasteiger charge is -2.59. The van der Waals surface area contributed by atoms with Gasteiger partial charge in [-0.15, -0.1) is 0 Å². The molecule has 4 rings (SSSR count). The summed E-state index contributed by atoms with van der Waals surface area (Å²) in [6.07, 6.45) is -3.02. The zero-order valence-corrected chi connectivity index (χ0v) is 21.0. The molecular weight excluding hydrogens is 470 g/mol. The first-order chi connectivity index (χ1) is 16.1. The average Bonchev–Trinajstić information content (AvgIpc) is 3.10. The molecule has 8 atom stereocenters. The molecule has 0 amide bonds. The van der Waals surface area contributed by atoms with E-state index in [4.69, 9.17) is 0 Å². The highest BCUT2D eigenvalue weighted by Gasteiger charge is 2.69. The quantitative estimate of drug-likeness (QED) is 0.296. The van der Waals surface area contributed by atoms with Crippen molar-refractivity contribution in [2.24, 2.45) is 40.4 Å². The van der Waals surface area contributed by atoms with Crippen LogP contribution in [0.25, 0.3) is 0 Å². The molecule has 0 aromatic heterocycles. The number of allylic oxidation sites excluding steroid dienone is 1. The lowest BCUT2D eigenvalue weighted by molar-refractivity contribution is -0.370. The minimum absolute atomic E-state index is 0.00621. The van der Waals surface area contributed by atoms with Crippen LogP contribution in [0.4, 0.5) is 26.3 Å². The van der Waals surface area contributed by atoms with Gasteiger partial charge < -0.3 is 10.2 Å². The van der Waals surface area contributed by atoms with E-state index in [1.807, 2.05) is 6.92 Å². The molecule has 0 heterocycles. The van der Waals surface area contributed by atoms with Crippen LogP contribution in [0, 0.1) is 40.4 Å². The minimum Gasteiger partial charge on any atom is -0.392 e. The van der Waals surface area contributed by atoms with E-state index in [0.717, 1.165) is 51.4 Å². The Labute approximate surface area is 204 Å². The van der Waals surface area contributed by atoms with Crippen LogP contribution in [0.5, 0.6) is 0 Å². The van der Waals surface area contributed by atoms with Gasteiger partial charge in [-0.2, -0.15) is 26.3 Å². The summed E-state index contributed by atoms with van der Waals surface area (Å²) in [7, 11) is 0. The Morgan fingerprint density at radius 2 is 1.66 bits per heavy atom. The number of aliphatic hydroxyl groups excluding tert-OH is 1. The zero-order chi connectivity index (χ0) is 26.0. The standard InChI is InChI=1S/C27H40F6O2/c1-16(6-5-14-25(35,26(28,29)30)27(31,32)33)19-11-12-20-18-10-9-17-7-4-8-22(34)24(17,3)21(18)13-15-23(19,20)2/h9,16,18-22,34-35H,4-8,10-15H2,1-3H3/t16-,18+,19-,20+,21+,22+,23-,24+/m1/s1. The van der Waals surface area contributed by atoms with Gasteiger partial charge in [-0.05, 0) is 99.2 Å². The molecule has 0 radical (unpaired) electrons. The van der Waals surface area contributed by atoms with Gasteiger partial charge in [-0.3, -0.25) is 0 Å². The van der Waals surface area contributed by atoms with E-state index in [1.54, 1.807) is 0 Å². The van der Waals surface area contributed by atoms with Crippen molar-refractivity contribution in [2.75, 3.05) is 0 Å². The molecule has 8 heteroatoms. The topological polar surface area (TPSA) is 40.5 Å². The number of hydrogen-bond donors (Lipinski definition) is 2. The molecular formula is C27H40F6O2. The molecule has 3 fully saturated rings. The van der Waals surface area contributed by atoms with Gasteiger partial charge in [0, 0.05) is 5.41 Å². The fourth-order valence-electron chi connectivity index (χ4n) is 9.02. The maximum absolute atomic E-state index is 13.1. The number of hydrogen-bond acceptors (Lipinski definition) is 2. The molecule has 0 aromatic carbocycles. The summed E-state index contributed by atoms with van der Waals surface area (Å²) in [6.45, 7) is 6.47. The van der Waals surface area contributed by atoms with Gasteiger partial charge in [-0.1, -0.05) is 38.8 Å². The summed E-state index contributed by atoms with van der Waals surface area (Å²) >= 11 is 0. The summed E-state index contributed by atoms with van der Waals surface area (Å²) < 4.78 is 78.3. The summed E-state index contributed by atoms with van der Waals surface area (Å²) in [5.74, 6) is 1.58. The average molecular weight is 511 g/mol. The SMILES string of the molecule is C[C@H](CCCC(O)(C(F)(F)F)C(F)(F)F)[C@H]1CC[C@H]2[C@@H]3CC=C4CCC[C@H](O)[C@]4(C)[C@H]3CC[C@]12C. The summed E-state index contributed by atoms with van der Waals surface area (Å²) in [5, 5.41) is 20.5. The van der Waals surface area contributed by atoms with Crippen LogP contribution in [0.1, 0.15) is 91.4 Å². The summed E-state index contributed by atoms with van der Waals surface area (Å²) in [4.78, 5) is 0. The number of fused-ring (bicyclic) bond motifs is 5. The molecule has 3 saturated carbocycles. The zero-order valence-electron chi connectivity index (χ0n) is 21.0. The second-order valence-corrected chi connectivity index (χ2v) is 12.5. The number of rotatable bonds is 5. The largest absolute Gasteiger partial charge is 0.426 e. The van der Waals surface area contributed by atoms with E-state index in [9.17, 15) is 36.6 Å². The maximum atomic E-state index is 13.1. The second kappa shape index (κ2) is 8.92. The smallest absolute Gasteiger partial charge is 0.392 e. The third-order valence-electron chi connectivity index (χ3n) is 11.0. The van der Waals surface area contributed by atoms with Gasteiger partial charge in [0.15, 0.2) is 0 Å². The van der Waals surface area contributed by atoms with Gasteiger partial charge in [-0.25, -0.2) is 0 Å². The molecule has 35 heavy (non-hydrogen) atoms. The van der Waals surface area contributed by atoms with E-state index in [1.165, 1.54) is 5.57 Å². The fraction of sp³-hybridized carbons (Fsp3) is 0.926. The van der Waals surface area contributed by atoms with Crippen molar-refractivity contribution >= 4 is 0 Å². The molecule has 0 spiro atoms. The van der Waals surface area contributed by atoms with Crippen molar-refractivity contribution in [3.63, 3.8) is 0 Å². The fourth-order valence-corrected chi connectivity index (χ4v) is 9.02. The van der Waals surface area contributed by atoms with Crippen LogP contribution in [-0.2, 0) is 0 Å². The number of alkyl halides is 6. The first-order valence-electron chi connectivity index (χ1n) is 13.3. The van der Waals surface area contributed by atoms with Crippen molar-refractivity contribution in [1.82, 2.24) is 0 Å². The molecule has 4 aliphatic rings. The van der Waals surface area contributed by atoms with Gasteiger partial charge >= 0.3 is 12.4 Å². The lowest BCUT2D eigenvalue weighted by Crippen LogP contribution is -2.56. The van der Waals surface area contributed by atoms with Crippen LogP contribution >= 0.6 is 0 Å². The van der Waals surface area contributed by atoms with Crippen LogP contribution in [0.15, 0.2) is 11.6 Å². The number of halogens is 6. The molecule has 0 unspecified atom stereocenters. The molecule has 0 bridgehead atoms. The highest BCUT2D eigenvalue weighted by atomic mass is 19.4. The van der Waals surface area contributed by atoms with E-state index < -0.39 is 24.4 Å². The van der Waals surface area contributed by atoms with E-state index >= 15 is 0 Å². The van der Waals surface area contributed by atoms with Crippen molar-refractivity contribution in [3.05, 3.63) is 11.6 Å². The summed E-state index contributed by atoms with van der Waals surface area (Å²) in [5.41, 5.74) is -3.41. The van der Waals surface area contributed by atoms with Crippen molar-refractivity contribution in [3.8, 4) is 0 Å². The van der Waals surface area contributed by atoms with Crippen molar-refractivity contribution in [2.45, 2.75) is 115 Å². The van der Waals surface area contributed by atoms with E-state index in [2.05, 4.69) is 19.9 Å². The van der Waals surface area contributed by atoms with Gasteiger partial charge in [0.1, 0.15) is 0 Å². The number of aliphatic hydroxyl groups is 2. The Bertz CT molecular complexity index is 805. The van der Waals surface area contributed by atoms with Crippen LogP contribution in [0.2, 0.25) is 0 Å². The van der Waals surface area contributed by atoms with Crippen molar-refractivity contribution in [1.29, 1.82) is 0 Å². The molecule has 0 aromatic rings. The predicted octanol–water partition coefficient (Wildman–Crippen LogP) is 7.59. The molecule has 4 aliphatic carbocycles. The Morgan fingerprint density at radius 3 is 2.29 bits per heavy atom. The molecule has 2 nitrogen and oxygen atoms in total. The van der Waals surface area contributed by atoms with E-state index in [0.29, 0.717) is 17.8 Å². The highest BCUT2D eigenvalue weighted by Crippen LogP contribution is 2.67. The predicted molar refractivity (Wildman–Crippen MR) is 121 cm³/mol. The normalized spacial score (nSPS) is 41.0. The first-order valence-corrected chi connectivity index (χ1v) is 13.3. The minimum atomic E-state index is -5.75. The monoisotopic (exact) mass is 510 g/mol. The molecule has 2 N–H and O–H groups in total. The molecule has 0 aliphatic heterocycles. The van der Waals surface area contributed by atoms with Gasteiger partial charge in [0.05, 0.1) is 6.10 Å². The summed E-state index contributed by atoms with van der Waals surface area (Å²) in [6, 6.07) is 0. The second-order valence-electron chi connectivity index (χ2n) is 12.5. The van der Waals surface area contributed by atoms with Gasteiger partial charge in [0.2, 0.25) is 0 Å². The maximum Gasteiger partial charge on any atom is 0.426 e. The van der Waals surface area contributed by atoms with Crippen molar-refractivity contribution < 1.29 is 36.6 Å². The Morgan fingerprint density at radius 1 is 1.00 bits per heavy atom. The van der Waals surface area contributed by atoms with Gasteiger partial charge in [0.25, 0.3) is 5.60 Å². The Hall–Kier alpha value is -0.760.